The molecule has 2 atom stereocenters. The zero-order valence-corrected chi connectivity index (χ0v) is 19.7. The fourth-order valence-corrected chi connectivity index (χ4v) is 5.42. The topological polar surface area (TPSA) is 24.9 Å². The molecule has 1 fully saturated rings. The lowest BCUT2D eigenvalue weighted by Gasteiger charge is -2.50. The predicted octanol–water partition coefficient (Wildman–Crippen LogP) is 6.17. The van der Waals surface area contributed by atoms with Crippen molar-refractivity contribution in [3.8, 4) is 11.5 Å². The Morgan fingerprint density at radius 3 is 2.34 bits per heavy atom. The summed E-state index contributed by atoms with van der Waals surface area (Å²) in [5.74, 6) is 1.87. The van der Waals surface area contributed by atoms with Crippen molar-refractivity contribution < 1.29 is 9.47 Å². The summed E-state index contributed by atoms with van der Waals surface area (Å²) in [5, 5.41) is 1.17. The highest BCUT2D eigenvalue weighted by Crippen LogP contribution is 2.47. The minimum atomic E-state index is 0.264. The molecule has 0 aliphatic carbocycles. The van der Waals surface area contributed by atoms with Gasteiger partial charge in [-0.1, -0.05) is 53.5 Å². The van der Waals surface area contributed by atoms with Crippen molar-refractivity contribution in [2.75, 3.05) is 38.9 Å². The third kappa shape index (κ3) is 3.81. The van der Waals surface area contributed by atoms with Crippen LogP contribution in [0.5, 0.6) is 11.5 Å². The first-order chi connectivity index (χ1) is 15.6. The first-order valence-corrected chi connectivity index (χ1v) is 11.6. The van der Waals surface area contributed by atoms with E-state index in [0.29, 0.717) is 10.0 Å². The van der Waals surface area contributed by atoms with Crippen LogP contribution in [0.2, 0.25) is 10.0 Å². The summed E-state index contributed by atoms with van der Waals surface area (Å²) in [7, 11) is 3.40. The fourth-order valence-electron chi connectivity index (χ4n) is 5.13. The van der Waals surface area contributed by atoms with E-state index in [9.17, 15) is 0 Å². The molecular formula is C26H26Cl2N2O2. The maximum Gasteiger partial charge on any atom is 0.161 e. The molecule has 3 aromatic rings. The second-order valence-corrected chi connectivity index (χ2v) is 9.21. The third-order valence-corrected chi connectivity index (χ3v) is 7.41. The zero-order valence-electron chi connectivity index (χ0n) is 18.2. The van der Waals surface area contributed by atoms with Gasteiger partial charge in [0.2, 0.25) is 0 Å². The number of halogens is 2. The van der Waals surface area contributed by atoms with Gasteiger partial charge in [0.15, 0.2) is 11.5 Å². The summed E-state index contributed by atoms with van der Waals surface area (Å²) in [4.78, 5) is 4.97. The molecule has 3 aromatic carbocycles. The number of benzene rings is 3. The Balaban J connectivity index is 1.59. The van der Waals surface area contributed by atoms with Gasteiger partial charge < -0.3 is 14.4 Å². The second-order valence-electron chi connectivity index (χ2n) is 8.39. The summed E-state index contributed by atoms with van der Waals surface area (Å²) < 4.78 is 11.2. The number of nitrogens with zero attached hydrogens (tertiary/aromatic N) is 2. The smallest absolute Gasteiger partial charge is 0.161 e. The number of rotatable bonds is 4. The number of hydrogen-bond acceptors (Lipinski definition) is 4. The molecule has 0 spiro atoms. The van der Waals surface area contributed by atoms with Gasteiger partial charge in [0.1, 0.15) is 0 Å². The van der Waals surface area contributed by atoms with Crippen molar-refractivity contribution in [2.24, 2.45) is 0 Å². The van der Waals surface area contributed by atoms with E-state index in [2.05, 4.69) is 58.3 Å². The van der Waals surface area contributed by atoms with Gasteiger partial charge in [0, 0.05) is 30.7 Å². The Morgan fingerprint density at radius 1 is 0.875 bits per heavy atom. The van der Waals surface area contributed by atoms with Crippen LogP contribution in [-0.2, 0) is 6.42 Å². The van der Waals surface area contributed by atoms with Crippen LogP contribution in [0.4, 0.5) is 5.69 Å². The van der Waals surface area contributed by atoms with Gasteiger partial charge in [-0.05, 0) is 53.4 Å². The number of fused-ring (bicyclic) bond motifs is 3. The molecule has 166 valence electrons. The highest BCUT2D eigenvalue weighted by Gasteiger charge is 2.40. The summed E-state index contributed by atoms with van der Waals surface area (Å²) in [6, 6.07) is 21.3. The quantitative estimate of drug-likeness (QED) is 0.456. The van der Waals surface area contributed by atoms with Gasteiger partial charge in [-0.25, -0.2) is 0 Å². The molecule has 0 bridgehead atoms. The maximum atomic E-state index is 6.35. The van der Waals surface area contributed by atoms with Crippen molar-refractivity contribution in [1.82, 2.24) is 4.90 Å². The van der Waals surface area contributed by atoms with Gasteiger partial charge in [0.25, 0.3) is 0 Å². The molecule has 5 rings (SSSR count). The van der Waals surface area contributed by atoms with Crippen molar-refractivity contribution in [3.05, 3.63) is 87.4 Å². The molecule has 1 saturated heterocycles. The molecule has 2 heterocycles. The first kappa shape index (κ1) is 21.4. The molecule has 0 aromatic heterocycles. The van der Waals surface area contributed by atoms with Crippen LogP contribution in [0.25, 0.3) is 0 Å². The van der Waals surface area contributed by atoms with Gasteiger partial charge in [-0.2, -0.15) is 0 Å². The van der Waals surface area contributed by atoms with E-state index in [1.165, 1.54) is 16.7 Å². The van der Waals surface area contributed by atoms with Crippen molar-refractivity contribution in [3.63, 3.8) is 0 Å². The first-order valence-electron chi connectivity index (χ1n) is 10.8. The molecule has 0 N–H and O–H groups in total. The van der Waals surface area contributed by atoms with E-state index in [-0.39, 0.29) is 12.0 Å². The summed E-state index contributed by atoms with van der Waals surface area (Å²) in [6.45, 7) is 2.70. The third-order valence-electron chi connectivity index (χ3n) is 6.67. The van der Waals surface area contributed by atoms with Crippen LogP contribution >= 0.6 is 23.2 Å². The largest absolute Gasteiger partial charge is 0.493 e. The monoisotopic (exact) mass is 468 g/mol. The maximum absolute atomic E-state index is 6.35. The van der Waals surface area contributed by atoms with Crippen LogP contribution in [0.15, 0.2) is 60.7 Å². The minimum Gasteiger partial charge on any atom is -0.493 e. The minimum absolute atomic E-state index is 0.264. The normalized spacial score (nSPS) is 20.4. The van der Waals surface area contributed by atoms with Crippen molar-refractivity contribution >= 4 is 28.9 Å². The Labute approximate surface area is 199 Å². The number of ether oxygens (including phenoxy) is 2. The predicted molar refractivity (Wildman–Crippen MR) is 131 cm³/mol. The average Bonchev–Trinajstić information content (AvgIpc) is 2.84. The molecule has 0 radical (unpaired) electrons. The molecule has 2 aliphatic rings. The molecular weight excluding hydrogens is 443 g/mol. The number of methoxy groups -OCH3 is 2. The van der Waals surface area contributed by atoms with Crippen LogP contribution in [0, 0.1) is 0 Å². The SMILES string of the molecule is COc1cc2c(cc1OC)[C@@H]1[C@H](c3ccccc3)CN(c3ccc(Cl)c(Cl)c3)CN1CC2. The summed E-state index contributed by atoms with van der Waals surface area (Å²) in [5.41, 5.74) is 5.09. The Hall–Kier alpha value is -2.40. The number of hydrogen-bond donors (Lipinski definition) is 0. The van der Waals surface area contributed by atoms with E-state index in [1.807, 2.05) is 12.1 Å². The molecule has 4 nitrogen and oxygen atoms in total. The van der Waals surface area contributed by atoms with Crippen molar-refractivity contribution in [1.29, 1.82) is 0 Å². The molecule has 0 amide bonds. The molecule has 6 heteroatoms. The number of anilines is 1. The van der Waals surface area contributed by atoms with E-state index in [0.717, 1.165) is 43.4 Å². The zero-order chi connectivity index (χ0) is 22.2. The van der Waals surface area contributed by atoms with Crippen molar-refractivity contribution in [2.45, 2.75) is 18.4 Å². The fraction of sp³-hybridized carbons (Fsp3) is 0.308. The van der Waals surface area contributed by atoms with E-state index in [1.54, 1.807) is 14.2 Å². The molecule has 0 saturated carbocycles. The average molecular weight is 469 g/mol. The van der Waals surface area contributed by atoms with Crippen LogP contribution in [-0.4, -0.2) is 38.9 Å². The highest BCUT2D eigenvalue weighted by molar-refractivity contribution is 6.42. The Morgan fingerprint density at radius 2 is 1.62 bits per heavy atom. The molecule has 0 unspecified atom stereocenters. The second kappa shape index (κ2) is 8.86. The van der Waals surface area contributed by atoms with Gasteiger partial charge in [-0.3, -0.25) is 4.90 Å². The van der Waals surface area contributed by atoms with Crippen LogP contribution in [0.1, 0.15) is 28.7 Å². The summed E-state index contributed by atoms with van der Waals surface area (Å²) >= 11 is 12.5. The lowest BCUT2D eigenvalue weighted by atomic mass is 9.79. The molecule has 2 aliphatic heterocycles. The van der Waals surface area contributed by atoms with E-state index < -0.39 is 0 Å². The lowest BCUT2D eigenvalue weighted by Crippen LogP contribution is -2.53. The lowest BCUT2D eigenvalue weighted by molar-refractivity contribution is 0.128. The van der Waals surface area contributed by atoms with Gasteiger partial charge >= 0.3 is 0 Å². The van der Waals surface area contributed by atoms with Gasteiger partial charge in [-0.15, -0.1) is 0 Å². The highest BCUT2D eigenvalue weighted by atomic mass is 35.5. The van der Waals surface area contributed by atoms with Crippen LogP contribution in [0.3, 0.4) is 0 Å². The Bertz CT molecular complexity index is 1120. The Kier molecular flexibility index (Phi) is 5.93. The summed E-state index contributed by atoms with van der Waals surface area (Å²) in [6.07, 6.45) is 0.975. The van der Waals surface area contributed by atoms with Gasteiger partial charge in [0.05, 0.1) is 30.9 Å². The van der Waals surface area contributed by atoms with E-state index in [4.69, 9.17) is 32.7 Å². The van der Waals surface area contributed by atoms with Crippen LogP contribution < -0.4 is 14.4 Å². The standard InChI is InChI=1S/C26H26Cl2N2O2/c1-31-24-12-18-10-11-29-16-30(19-8-9-22(27)23(28)13-19)15-21(17-6-4-3-5-7-17)26(29)20(18)14-25(24)32-2/h3-9,12-14,21,26H,10-11,15-16H2,1-2H3/t21-,26+/m0/s1. The van der Waals surface area contributed by atoms with E-state index >= 15 is 0 Å². The molecule has 32 heavy (non-hydrogen) atoms.